The largest absolute Gasteiger partial charge is 0.330 e. The van der Waals surface area contributed by atoms with E-state index in [1.165, 1.54) is 42.5 Å². The third kappa shape index (κ3) is 3.93. The highest BCUT2D eigenvalue weighted by Gasteiger charge is 2.21. The molecule has 2 N–H and O–H groups in total. The zero-order valence-electron chi connectivity index (χ0n) is 10.9. The molecule has 1 aliphatic rings. The molecule has 0 amide bonds. The number of hydrogen-bond donors (Lipinski definition) is 1. The fourth-order valence-electron chi connectivity index (χ4n) is 2.75. The van der Waals surface area contributed by atoms with Crippen LogP contribution in [0.1, 0.15) is 37.2 Å². The Morgan fingerprint density at radius 2 is 1.89 bits per heavy atom. The van der Waals surface area contributed by atoms with Crippen LogP contribution in [0.5, 0.6) is 0 Å². The van der Waals surface area contributed by atoms with Crippen LogP contribution in [0.2, 0.25) is 0 Å². The summed E-state index contributed by atoms with van der Waals surface area (Å²) in [5.41, 5.74) is 7.09. The van der Waals surface area contributed by atoms with Gasteiger partial charge < -0.3 is 10.6 Å². The summed E-state index contributed by atoms with van der Waals surface area (Å²) in [6.07, 6.45) is 5.03. The van der Waals surface area contributed by atoms with Crippen LogP contribution in [-0.2, 0) is 0 Å². The van der Waals surface area contributed by atoms with E-state index in [9.17, 15) is 0 Å². The molecule has 0 unspecified atom stereocenters. The Kier molecular flexibility index (Phi) is 5.92. The molecule has 0 bridgehead atoms. The van der Waals surface area contributed by atoms with E-state index in [-0.39, 0.29) is 0 Å². The van der Waals surface area contributed by atoms with E-state index < -0.39 is 0 Å². The third-order valence-corrected chi connectivity index (χ3v) is 4.84. The summed E-state index contributed by atoms with van der Waals surface area (Å²) in [5.74, 6) is 0.767. The monoisotopic (exact) mass is 358 g/mol. The standard InChI is InChI=1S/C15H23IN2/c16-15-6-2-1-5-14(15)13-7-11-18(12-8-13)10-4-3-9-17/h1-2,5-6,13H,3-4,7-12,17H2. The minimum Gasteiger partial charge on any atom is -0.330 e. The van der Waals surface area contributed by atoms with Crippen molar-refractivity contribution < 1.29 is 0 Å². The minimum atomic E-state index is 0.767. The van der Waals surface area contributed by atoms with E-state index in [0.717, 1.165) is 18.9 Å². The number of rotatable bonds is 5. The fraction of sp³-hybridized carbons (Fsp3) is 0.600. The van der Waals surface area contributed by atoms with Crippen molar-refractivity contribution in [2.45, 2.75) is 31.6 Å². The normalized spacial score (nSPS) is 18.1. The summed E-state index contributed by atoms with van der Waals surface area (Å²) in [5, 5.41) is 0. The Balaban J connectivity index is 1.81. The molecule has 0 atom stereocenters. The molecule has 0 aliphatic carbocycles. The number of benzene rings is 1. The number of piperidine rings is 1. The molecule has 18 heavy (non-hydrogen) atoms. The van der Waals surface area contributed by atoms with Gasteiger partial charge in [0.1, 0.15) is 0 Å². The molecule has 100 valence electrons. The molecule has 0 radical (unpaired) electrons. The lowest BCUT2D eigenvalue weighted by molar-refractivity contribution is 0.209. The Morgan fingerprint density at radius 3 is 2.56 bits per heavy atom. The lowest BCUT2D eigenvalue weighted by atomic mass is 9.89. The Labute approximate surface area is 124 Å². The van der Waals surface area contributed by atoms with Crippen molar-refractivity contribution in [3.8, 4) is 0 Å². The van der Waals surface area contributed by atoms with Gasteiger partial charge in [-0.1, -0.05) is 18.2 Å². The van der Waals surface area contributed by atoms with Crippen LogP contribution in [-0.4, -0.2) is 31.1 Å². The summed E-state index contributed by atoms with van der Waals surface area (Å²) in [7, 11) is 0. The first kappa shape index (κ1) is 14.3. The molecule has 1 saturated heterocycles. The summed E-state index contributed by atoms with van der Waals surface area (Å²) in [4.78, 5) is 2.60. The van der Waals surface area contributed by atoms with Gasteiger partial charge in [0.2, 0.25) is 0 Å². The molecule has 1 fully saturated rings. The number of unbranched alkanes of at least 4 members (excludes halogenated alkanes) is 1. The van der Waals surface area contributed by atoms with Crippen molar-refractivity contribution in [2.75, 3.05) is 26.2 Å². The Bertz CT molecular complexity index is 359. The van der Waals surface area contributed by atoms with E-state index in [4.69, 9.17) is 5.73 Å². The second kappa shape index (κ2) is 7.46. The molecule has 1 heterocycles. The maximum atomic E-state index is 5.54. The maximum Gasteiger partial charge on any atom is 0.0165 e. The number of likely N-dealkylation sites (tertiary alicyclic amines) is 1. The zero-order valence-corrected chi connectivity index (χ0v) is 13.1. The van der Waals surface area contributed by atoms with E-state index in [1.807, 2.05) is 0 Å². The summed E-state index contributed by atoms with van der Waals surface area (Å²) in [6.45, 7) is 4.56. The summed E-state index contributed by atoms with van der Waals surface area (Å²) < 4.78 is 1.43. The third-order valence-electron chi connectivity index (χ3n) is 3.86. The second-order valence-electron chi connectivity index (χ2n) is 5.13. The van der Waals surface area contributed by atoms with Crippen molar-refractivity contribution in [2.24, 2.45) is 5.73 Å². The van der Waals surface area contributed by atoms with E-state index in [1.54, 1.807) is 5.56 Å². The molecule has 1 aliphatic heterocycles. The quantitative estimate of drug-likeness (QED) is 0.647. The van der Waals surface area contributed by atoms with Gasteiger partial charge in [-0.25, -0.2) is 0 Å². The van der Waals surface area contributed by atoms with Crippen LogP contribution in [0.25, 0.3) is 0 Å². The predicted molar refractivity (Wildman–Crippen MR) is 85.9 cm³/mol. The average molecular weight is 358 g/mol. The van der Waals surface area contributed by atoms with Gasteiger partial charge >= 0.3 is 0 Å². The molecule has 0 aromatic heterocycles. The highest BCUT2D eigenvalue weighted by atomic mass is 127. The van der Waals surface area contributed by atoms with Gasteiger partial charge in [-0.2, -0.15) is 0 Å². The van der Waals surface area contributed by atoms with E-state index in [0.29, 0.717) is 0 Å². The van der Waals surface area contributed by atoms with Gasteiger partial charge in [-0.05, 0) is 92.0 Å². The number of nitrogens with zero attached hydrogens (tertiary/aromatic N) is 1. The lowest BCUT2D eigenvalue weighted by Gasteiger charge is -2.32. The molecule has 0 saturated carbocycles. The molecule has 2 rings (SSSR count). The van der Waals surface area contributed by atoms with Crippen molar-refractivity contribution in [1.82, 2.24) is 4.90 Å². The molecule has 1 aromatic carbocycles. The van der Waals surface area contributed by atoms with Crippen LogP contribution in [0.3, 0.4) is 0 Å². The first-order valence-corrected chi connectivity index (χ1v) is 8.06. The Morgan fingerprint density at radius 1 is 1.17 bits per heavy atom. The highest BCUT2D eigenvalue weighted by Crippen LogP contribution is 2.30. The van der Waals surface area contributed by atoms with Crippen LogP contribution in [0, 0.1) is 3.57 Å². The SMILES string of the molecule is NCCCCN1CCC(c2ccccc2I)CC1. The fourth-order valence-corrected chi connectivity index (χ4v) is 3.58. The van der Waals surface area contributed by atoms with Crippen molar-refractivity contribution in [1.29, 1.82) is 0 Å². The highest BCUT2D eigenvalue weighted by molar-refractivity contribution is 14.1. The second-order valence-corrected chi connectivity index (χ2v) is 6.30. The van der Waals surface area contributed by atoms with Gasteiger partial charge in [0, 0.05) is 3.57 Å². The van der Waals surface area contributed by atoms with Crippen molar-refractivity contribution >= 4 is 22.6 Å². The van der Waals surface area contributed by atoms with Crippen LogP contribution in [0.15, 0.2) is 24.3 Å². The molecule has 3 heteroatoms. The van der Waals surface area contributed by atoms with Crippen LogP contribution in [0.4, 0.5) is 0 Å². The predicted octanol–water partition coefficient (Wildman–Crippen LogP) is 3.21. The number of nitrogens with two attached hydrogens (primary N) is 1. The Hall–Kier alpha value is -0.130. The van der Waals surface area contributed by atoms with Crippen molar-refractivity contribution in [3.05, 3.63) is 33.4 Å². The average Bonchev–Trinajstić information content (AvgIpc) is 2.41. The van der Waals surface area contributed by atoms with Crippen molar-refractivity contribution in [3.63, 3.8) is 0 Å². The summed E-state index contributed by atoms with van der Waals surface area (Å²) in [6, 6.07) is 8.83. The molecular formula is C15H23IN2. The molecule has 0 spiro atoms. The zero-order chi connectivity index (χ0) is 12.8. The van der Waals surface area contributed by atoms with E-state index >= 15 is 0 Å². The lowest BCUT2D eigenvalue weighted by Crippen LogP contribution is -2.34. The maximum absolute atomic E-state index is 5.54. The first-order chi connectivity index (χ1) is 8.81. The molecule has 1 aromatic rings. The van der Waals surface area contributed by atoms with Gasteiger partial charge in [0.05, 0.1) is 0 Å². The van der Waals surface area contributed by atoms with Gasteiger partial charge in [0.15, 0.2) is 0 Å². The summed E-state index contributed by atoms with van der Waals surface area (Å²) >= 11 is 2.47. The van der Waals surface area contributed by atoms with Gasteiger partial charge in [-0.3, -0.25) is 0 Å². The smallest absolute Gasteiger partial charge is 0.0165 e. The topological polar surface area (TPSA) is 29.3 Å². The first-order valence-electron chi connectivity index (χ1n) is 6.98. The molecule has 2 nitrogen and oxygen atoms in total. The van der Waals surface area contributed by atoms with Crippen LogP contribution >= 0.6 is 22.6 Å². The minimum absolute atomic E-state index is 0.767. The van der Waals surface area contributed by atoms with E-state index in [2.05, 4.69) is 51.8 Å². The van der Waals surface area contributed by atoms with Crippen LogP contribution < -0.4 is 5.73 Å². The van der Waals surface area contributed by atoms with Gasteiger partial charge in [0.25, 0.3) is 0 Å². The number of halogens is 1. The van der Waals surface area contributed by atoms with Gasteiger partial charge in [-0.15, -0.1) is 0 Å². The molecular weight excluding hydrogens is 335 g/mol. The number of hydrogen-bond acceptors (Lipinski definition) is 2.